The number of ether oxygens (including phenoxy) is 1. The molecule has 7 nitrogen and oxygen atoms in total. The largest absolute Gasteiger partial charge is 0.462 e. The molecule has 0 bridgehead atoms. The Morgan fingerprint density at radius 1 is 1.21 bits per heavy atom. The molecule has 148 valence electrons. The summed E-state index contributed by atoms with van der Waals surface area (Å²) in [4.78, 5) is 25.3. The molecule has 1 aliphatic heterocycles. The molecular formula is C19H19ClN2O5S. The fraction of sp³-hybridized carbons (Fsp3) is 0.263. The maximum Gasteiger partial charge on any atom is 0.339 e. The van der Waals surface area contributed by atoms with Crippen molar-refractivity contribution in [1.82, 2.24) is 0 Å². The number of rotatable bonds is 5. The Balaban J connectivity index is 1.88. The second kappa shape index (κ2) is 7.81. The maximum absolute atomic E-state index is 12.8. The zero-order valence-electron chi connectivity index (χ0n) is 15.4. The summed E-state index contributed by atoms with van der Waals surface area (Å²) in [6.45, 7) is 3.85. The first-order valence-electron chi connectivity index (χ1n) is 8.63. The smallest absolute Gasteiger partial charge is 0.339 e. The van der Waals surface area contributed by atoms with Gasteiger partial charge in [-0.2, -0.15) is 0 Å². The van der Waals surface area contributed by atoms with Gasteiger partial charge in [-0.3, -0.25) is 9.52 Å². The van der Waals surface area contributed by atoms with Gasteiger partial charge in [0, 0.05) is 24.8 Å². The molecule has 0 unspecified atom stereocenters. The van der Waals surface area contributed by atoms with Crippen LogP contribution >= 0.6 is 11.6 Å². The van der Waals surface area contributed by atoms with E-state index in [1.165, 1.54) is 31.2 Å². The molecule has 9 heteroatoms. The Morgan fingerprint density at radius 3 is 2.64 bits per heavy atom. The summed E-state index contributed by atoms with van der Waals surface area (Å²) in [5.41, 5.74) is 1.79. The topological polar surface area (TPSA) is 92.8 Å². The molecule has 0 radical (unpaired) electrons. The second-order valence-electron chi connectivity index (χ2n) is 6.23. The highest BCUT2D eigenvalue weighted by Crippen LogP contribution is 2.31. The minimum atomic E-state index is -3.89. The summed E-state index contributed by atoms with van der Waals surface area (Å²) >= 11 is 6.01. The van der Waals surface area contributed by atoms with Crippen molar-refractivity contribution in [3.8, 4) is 0 Å². The summed E-state index contributed by atoms with van der Waals surface area (Å²) in [6, 6.07) is 8.87. The third kappa shape index (κ3) is 3.98. The van der Waals surface area contributed by atoms with E-state index in [4.69, 9.17) is 16.3 Å². The number of nitrogens with one attached hydrogen (secondary N) is 1. The number of anilines is 2. The van der Waals surface area contributed by atoms with E-state index in [-0.39, 0.29) is 33.7 Å². The van der Waals surface area contributed by atoms with E-state index in [1.807, 2.05) is 0 Å². The first-order valence-corrected chi connectivity index (χ1v) is 10.5. The zero-order valence-corrected chi connectivity index (χ0v) is 16.9. The van der Waals surface area contributed by atoms with Gasteiger partial charge in [0.25, 0.3) is 10.0 Å². The van der Waals surface area contributed by atoms with E-state index >= 15 is 0 Å². The molecule has 0 saturated carbocycles. The molecule has 2 aromatic carbocycles. The normalized spacial score (nSPS) is 13.2. The molecule has 1 amide bonds. The lowest BCUT2D eigenvalue weighted by Crippen LogP contribution is -2.25. The third-order valence-electron chi connectivity index (χ3n) is 4.35. The summed E-state index contributed by atoms with van der Waals surface area (Å²) in [7, 11) is -3.89. The predicted octanol–water partition coefficient (Wildman–Crippen LogP) is 3.23. The van der Waals surface area contributed by atoms with Gasteiger partial charge in [0.1, 0.15) is 0 Å². The van der Waals surface area contributed by atoms with Crippen LogP contribution in [0.3, 0.4) is 0 Å². The highest BCUT2D eigenvalue weighted by atomic mass is 35.5. The number of carbonyl (C=O) groups is 2. The van der Waals surface area contributed by atoms with Crippen LogP contribution in [0.1, 0.15) is 29.8 Å². The minimum Gasteiger partial charge on any atom is -0.462 e. The highest BCUT2D eigenvalue weighted by molar-refractivity contribution is 7.92. The van der Waals surface area contributed by atoms with Crippen LogP contribution in [0.5, 0.6) is 0 Å². The first kappa shape index (κ1) is 20.2. The van der Waals surface area contributed by atoms with Crippen LogP contribution in [-0.2, 0) is 26.0 Å². The van der Waals surface area contributed by atoms with Gasteiger partial charge in [0.2, 0.25) is 5.91 Å². The molecule has 28 heavy (non-hydrogen) atoms. The third-order valence-corrected chi connectivity index (χ3v) is 6.06. The molecule has 0 saturated heterocycles. The molecule has 0 atom stereocenters. The second-order valence-corrected chi connectivity index (χ2v) is 8.32. The summed E-state index contributed by atoms with van der Waals surface area (Å²) in [6.07, 6.45) is 0.590. The van der Waals surface area contributed by atoms with E-state index in [0.717, 1.165) is 11.3 Å². The Bertz CT molecular complexity index is 1050. The minimum absolute atomic E-state index is 0.0734. The van der Waals surface area contributed by atoms with Crippen LogP contribution in [0, 0.1) is 0 Å². The lowest BCUT2D eigenvalue weighted by Gasteiger charge is -2.15. The first-order chi connectivity index (χ1) is 13.2. The number of halogens is 1. The van der Waals surface area contributed by atoms with Gasteiger partial charge in [0.15, 0.2) is 0 Å². The van der Waals surface area contributed by atoms with Crippen LogP contribution < -0.4 is 9.62 Å². The lowest BCUT2D eigenvalue weighted by atomic mass is 10.2. The molecule has 0 fully saturated rings. The van der Waals surface area contributed by atoms with Crippen LogP contribution in [0.4, 0.5) is 11.4 Å². The van der Waals surface area contributed by atoms with Crippen LogP contribution in [0.25, 0.3) is 0 Å². The van der Waals surface area contributed by atoms with E-state index in [0.29, 0.717) is 13.0 Å². The number of esters is 1. The standard InChI is InChI=1S/C19H19ClN2O5S/c1-3-27-19(24)16-11-14(4-6-17(16)20)21-28(25,26)15-5-7-18-13(10-15)8-9-22(18)12(2)23/h4-7,10-11,21H,3,8-9H2,1-2H3. The van der Waals surface area contributed by atoms with E-state index < -0.39 is 16.0 Å². The molecule has 0 aliphatic carbocycles. The van der Waals surface area contributed by atoms with Gasteiger partial charge in [-0.25, -0.2) is 13.2 Å². The zero-order chi connectivity index (χ0) is 20.5. The van der Waals surface area contributed by atoms with Crippen molar-refractivity contribution in [3.63, 3.8) is 0 Å². The van der Waals surface area contributed by atoms with E-state index in [9.17, 15) is 18.0 Å². The van der Waals surface area contributed by atoms with Gasteiger partial charge < -0.3 is 9.64 Å². The summed E-state index contributed by atoms with van der Waals surface area (Å²) < 4.78 is 32.9. The number of sulfonamides is 1. The Hall–Kier alpha value is -2.58. The average molecular weight is 423 g/mol. The molecule has 1 N–H and O–H groups in total. The average Bonchev–Trinajstić information content (AvgIpc) is 3.06. The van der Waals surface area contributed by atoms with Crippen molar-refractivity contribution in [1.29, 1.82) is 0 Å². The van der Waals surface area contributed by atoms with E-state index in [2.05, 4.69) is 4.72 Å². The summed E-state index contributed by atoms with van der Waals surface area (Å²) in [5.74, 6) is -0.712. The molecular weight excluding hydrogens is 404 g/mol. The van der Waals surface area contributed by atoms with Gasteiger partial charge in [-0.15, -0.1) is 0 Å². The SMILES string of the molecule is CCOC(=O)c1cc(NS(=O)(=O)c2ccc3c(c2)CCN3C(C)=O)ccc1Cl. The number of amides is 1. The molecule has 0 spiro atoms. The molecule has 3 rings (SSSR count). The van der Waals surface area contributed by atoms with Gasteiger partial charge in [0.05, 0.1) is 22.1 Å². The Labute approximate surface area is 168 Å². The quantitative estimate of drug-likeness (QED) is 0.747. The molecule has 2 aromatic rings. The fourth-order valence-corrected chi connectivity index (χ4v) is 4.33. The lowest BCUT2D eigenvalue weighted by molar-refractivity contribution is -0.116. The van der Waals surface area contributed by atoms with Gasteiger partial charge >= 0.3 is 5.97 Å². The van der Waals surface area contributed by atoms with Crippen molar-refractivity contribution in [2.45, 2.75) is 25.2 Å². The maximum atomic E-state index is 12.8. The van der Waals surface area contributed by atoms with Crippen LogP contribution in [0.15, 0.2) is 41.3 Å². The van der Waals surface area contributed by atoms with Crippen molar-refractivity contribution in [2.75, 3.05) is 22.8 Å². The monoisotopic (exact) mass is 422 g/mol. The fourth-order valence-electron chi connectivity index (χ4n) is 3.04. The Kier molecular flexibility index (Phi) is 5.62. The van der Waals surface area contributed by atoms with Crippen molar-refractivity contribution < 1.29 is 22.7 Å². The number of fused-ring (bicyclic) bond motifs is 1. The number of nitrogens with zero attached hydrogens (tertiary/aromatic N) is 1. The van der Waals surface area contributed by atoms with Crippen molar-refractivity contribution in [2.24, 2.45) is 0 Å². The number of hydrogen-bond acceptors (Lipinski definition) is 5. The molecule has 1 heterocycles. The number of hydrogen-bond donors (Lipinski definition) is 1. The van der Waals surface area contributed by atoms with Gasteiger partial charge in [-0.05, 0) is 55.3 Å². The van der Waals surface area contributed by atoms with Crippen molar-refractivity contribution in [3.05, 3.63) is 52.5 Å². The number of benzene rings is 2. The van der Waals surface area contributed by atoms with Crippen molar-refractivity contribution >= 4 is 44.9 Å². The Morgan fingerprint density at radius 2 is 1.96 bits per heavy atom. The predicted molar refractivity (Wildman–Crippen MR) is 106 cm³/mol. The summed E-state index contributed by atoms with van der Waals surface area (Å²) in [5, 5.41) is 0.170. The van der Waals surface area contributed by atoms with Crippen LogP contribution in [-0.4, -0.2) is 33.4 Å². The molecule has 1 aliphatic rings. The van der Waals surface area contributed by atoms with Gasteiger partial charge in [-0.1, -0.05) is 11.6 Å². The molecule has 0 aromatic heterocycles. The highest BCUT2D eigenvalue weighted by Gasteiger charge is 2.25. The van der Waals surface area contributed by atoms with Crippen LogP contribution in [0.2, 0.25) is 5.02 Å². The van der Waals surface area contributed by atoms with E-state index in [1.54, 1.807) is 24.0 Å². The number of carbonyl (C=O) groups excluding carboxylic acids is 2.